The van der Waals surface area contributed by atoms with Crippen LogP contribution in [0.5, 0.6) is 0 Å². The summed E-state index contributed by atoms with van der Waals surface area (Å²) >= 11 is 0. The summed E-state index contributed by atoms with van der Waals surface area (Å²) in [6.07, 6.45) is 2.64. The molecule has 1 N–H and O–H groups in total. The monoisotopic (exact) mass is 215 g/mol. The molecule has 0 rings (SSSR count). The van der Waals surface area contributed by atoms with Crippen molar-refractivity contribution in [2.24, 2.45) is 5.41 Å². The van der Waals surface area contributed by atoms with E-state index in [9.17, 15) is 0 Å². The van der Waals surface area contributed by atoms with Crippen LogP contribution in [-0.4, -0.2) is 25.3 Å². The molecule has 15 heavy (non-hydrogen) atoms. The second-order valence-corrected chi connectivity index (χ2v) is 6.02. The summed E-state index contributed by atoms with van der Waals surface area (Å²) in [5.74, 6) is 0. The van der Waals surface area contributed by atoms with Crippen molar-refractivity contribution < 1.29 is 4.74 Å². The van der Waals surface area contributed by atoms with Gasteiger partial charge in [0.25, 0.3) is 0 Å². The highest BCUT2D eigenvalue weighted by Gasteiger charge is 2.26. The topological polar surface area (TPSA) is 21.3 Å². The minimum absolute atomic E-state index is 0.201. The molecule has 0 aliphatic carbocycles. The van der Waals surface area contributed by atoms with Crippen molar-refractivity contribution >= 4 is 0 Å². The summed E-state index contributed by atoms with van der Waals surface area (Å²) in [5.41, 5.74) is 0.537. The first-order chi connectivity index (χ1) is 6.72. The zero-order valence-electron chi connectivity index (χ0n) is 11.6. The van der Waals surface area contributed by atoms with Crippen molar-refractivity contribution in [3.63, 3.8) is 0 Å². The van der Waals surface area contributed by atoms with Gasteiger partial charge in [0.2, 0.25) is 0 Å². The average Bonchev–Trinajstić information content (AvgIpc) is 2.14. The number of methoxy groups -OCH3 is 1. The molecule has 0 aliphatic heterocycles. The summed E-state index contributed by atoms with van der Waals surface area (Å²) in [6, 6.07) is 0. The standard InChI is InChI=1S/C13H29NO/c1-8-13(6,9-11(2)15-7)10-14-12(3,4)5/h11,14H,8-10H2,1-7H3. The molecule has 0 aromatic heterocycles. The van der Waals surface area contributed by atoms with E-state index in [1.807, 2.05) is 0 Å². The Labute approximate surface area is 95.8 Å². The van der Waals surface area contributed by atoms with Crippen molar-refractivity contribution in [1.82, 2.24) is 5.32 Å². The molecule has 0 saturated heterocycles. The van der Waals surface area contributed by atoms with Crippen LogP contribution in [0.1, 0.15) is 54.4 Å². The van der Waals surface area contributed by atoms with Gasteiger partial charge < -0.3 is 10.1 Å². The van der Waals surface area contributed by atoms with Gasteiger partial charge in [-0.1, -0.05) is 13.8 Å². The van der Waals surface area contributed by atoms with Crippen LogP contribution < -0.4 is 5.32 Å². The van der Waals surface area contributed by atoms with Crippen molar-refractivity contribution in [3.05, 3.63) is 0 Å². The van der Waals surface area contributed by atoms with Crippen molar-refractivity contribution in [1.29, 1.82) is 0 Å². The van der Waals surface area contributed by atoms with E-state index in [1.165, 1.54) is 6.42 Å². The van der Waals surface area contributed by atoms with Crippen LogP contribution in [-0.2, 0) is 4.74 Å². The zero-order chi connectivity index (χ0) is 12.1. The van der Waals surface area contributed by atoms with Gasteiger partial charge in [-0.3, -0.25) is 0 Å². The lowest BCUT2D eigenvalue weighted by molar-refractivity contribution is 0.0653. The molecule has 92 valence electrons. The Morgan fingerprint density at radius 3 is 2.07 bits per heavy atom. The zero-order valence-corrected chi connectivity index (χ0v) is 11.6. The van der Waals surface area contributed by atoms with Gasteiger partial charge in [0.15, 0.2) is 0 Å². The third-order valence-corrected chi connectivity index (χ3v) is 3.08. The molecular formula is C13H29NO. The summed E-state index contributed by atoms with van der Waals surface area (Å²) < 4.78 is 5.35. The van der Waals surface area contributed by atoms with E-state index in [4.69, 9.17) is 4.74 Å². The summed E-state index contributed by atoms with van der Waals surface area (Å²) in [4.78, 5) is 0. The van der Waals surface area contributed by atoms with E-state index < -0.39 is 0 Å². The van der Waals surface area contributed by atoms with Crippen LogP contribution in [0.15, 0.2) is 0 Å². The highest BCUT2D eigenvalue weighted by atomic mass is 16.5. The smallest absolute Gasteiger partial charge is 0.0548 e. The first-order valence-electron chi connectivity index (χ1n) is 6.00. The van der Waals surface area contributed by atoms with Crippen LogP contribution in [0.25, 0.3) is 0 Å². The Balaban J connectivity index is 4.19. The molecule has 0 aliphatic rings. The predicted molar refractivity (Wildman–Crippen MR) is 67.2 cm³/mol. The van der Waals surface area contributed by atoms with Crippen LogP contribution in [0.3, 0.4) is 0 Å². The number of nitrogens with one attached hydrogen (secondary N) is 1. The lowest BCUT2D eigenvalue weighted by atomic mass is 9.81. The van der Waals surface area contributed by atoms with Gasteiger partial charge >= 0.3 is 0 Å². The molecular weight excluding hydrogens is 186 g/mol. The van der Waals surface area contributed by atoms with Crippen LogP contribution in [0.4, 0.5) is 0 Å². The second kappa shape index (κ2) is 5.86. The number of rotatable bonds is 6. The molecule has 0 radical (unpaired) electrons. The molecule has 0 fully saturated rings. The molecule has 0 amide bonds. The second-order valence-electron chi connectivity index (χ2n) is 6.02. The van der Waals surface area contributed by atoms with Crippen molar-refractivity contribution in [2.75, 3.05) is 13.7 Å². The van der Waals surface area contributed by atoms with Gasteiger partial charge in [-0.25, -0.2) is 0 Å². The predicted octanol–water partition coefficient (Wildman–Crippen LogP) is 3.22. The van der Waals surface area contributed by atoms with Gasteiger partial charge in [0, 0.05) is 19.2 Å². The molecule has 0 spiro atoms. The molecule has 0 saturated carbocycles. The molecule has 0 aromatic rings. The molecule has 0 aromatic carbocycles. The minimum Gasteiger partial charge on any atom is -0.382 e. The first kappa shape index (κ1) is 14.9. The molecule has 2 nitrogen and oxygen atoms in total. The van der Waals surface area contributed by atoms with Gasteiger partial charge in [0.05, 0.1) is 6.10 Å². The SMILES string of the molecule is CCC(C)(CNC(C)(C)C)CC(C)OC. The first-order valence-corrected chi connectivity index (χ1v) is 6.00. The maximum atomic E-state index is 5.35. The van der Waals surface area contributed by atoms with E-state index >= 15 is 0 Å². The fourth-order valence-electron chi connectivity index (χ4n) is 1.60. The van der Waals surface area contributed by atoms with Crippen molar-refractivity contribution in [2.45, 2.75) is 66.0 Å². The van der Waals surface area contributed by atoms with Gasteiger partial charge in [-0.2, -0.15) is 0 Å². The van der Waals surface area contributed by atoms with Crippen LogP contribution in [0, 0.1) is 5.41 Å². The van der Waals surface area contributed by atoms with E-state index in [1.54, 1.807) is 7.11 Å². The Bertz CT molecular complexity index is 174. The summed E-state index contributed by atoms with van der Waals surface area (Å²) in [5, 5.41) is 3.59. The quantitative estimate of drug-likeness (QED) is 0.734. The van der Waals surface area contributed by atoms with E-state index in [2.05, 4.69) is 46.9 Å². The Morgan fingerprint density at radius 1 is 1.20 bits per heavy atom. The molecule has 0 heterocycles. The molecule has 2 heteroatoms. The maximum Gasteiger partial charge on any atom is 0.0548 e. The maximum absolute atomic E-state index is 5.35. The largest absolute Gasteiger partial charge is 0.382 e. The minimum atomic E-state index is 0.201. The fraction of sp³-hybridized carbons (Fsp3) is 1.00. The summed E-state index contributed by atoms with van der Waals surface area (Å²) in [6.45, 7) is 14.4. The van der Waals surface area contributed by atoms with Crippen LogP contribution in [0.2, 0.25) is 0 Å². The third kappa shape index (κ3) is 6.91. The average molecular weight is 215 g/mol. The van der Waals surface area contributed by atoms with E-state index in [0.29, 0.717) is 11.5 Å². The lowest BCUT2D eigenvalue weighted by Gasteiger charge is -2.34. The van der Waals surface area contributed by atoms with Gasteiger partial charge in [-0.15, -0.1) is 0 Å². The number of hydrogen-bond acceptors (Lipinski definition) is 2. The third-order valence-electron chi connectivity index (χ3n) is 3.08. The normalized spacial score (nSPS) is 18.6. The van der Waals surface area contributed by atoms with Crippen molar-refractivity contribution in [3.8, 4) is 0 Å². The van der Waals surface area contributed by atoms with Gasteiger partial charge in [0.1, 0.15) is 0 Å². The highest BCUT2D eigenvalue weighted by Crippen LogP contribution is 2.28. The van der Waals surface area contributed by atoms with Gasteiger partial charge in [-0.05, 0) is 46.0 Å². The Kier molecular flexibility index (Phi) is 5.82. The number of ether oxygens (including phenoxy) is 1. The Hall–Kier alpha value is -0.0800. The van der Waals surface area contributed by atoms with Crippen LogP contribution >= 0.6 is 0 Å². The fourth-order valence-corrected chi connectivity index (χ4v) is 1.60. The molecule has 2 atom stereocenters. The Morgan fingerprint density at radius 2 is 1.73 bits per heavy atom. The summed E-state index contributed by atoms with van der Waals surface area (Å²) in [7, 11) is 1.79. The lowest BCUT2D eigenvalue weighted by Crippen LogP contribution is -2.43. The highest BCUT2D eigenvalue weighted by molar-refractivity contribution is 4.82. The molecule has 0 bridgehead atoms. The van der Waals surface area contributed by atoms with E-state index in [0.717, 1.165) is 13.0 Å². The number of hydrogen-bond donors (Lipinski definition) is 1. The van der Waals surface area contributed by atoms with E-state index in [-0.39, 0.29) is 5.54 Å². The molecule has 2 unspecified atom stereocenters.